The minimum absolute atomic E-state index is 0.0253. The number of ether oxygens (including phenoxy) is 6. The quantitative estimate of drug-likeness (QED) is 0.0329. The van der Waals surface area contributed by atoms with Crippen molar-refractivity contribution in [2.75, 3.05) is 0 Å². The maximum Gasteiger partial charge on any atom is 0.347 e. The Bertz CT molecular complexity index is 4500. The van der Waals surface area contributed by atoms with Crippen LogP contribution in [0.15, 0.2) is 243 Å². The van der Waals surface area contributed by atoms with E-state index in [-0.39, 0.29) is 113 Å². The van der Waals surface area contributed by atoms with Gasteiger partial charge in [0.15, 0.2) is 0 Å². The molecule has 94 heavy (non-hydrogen) atoms. The molecule has 0 saturated heterocycles. The first-order valence-electron chi connectivity index (χ1n) is 27.1. The van der Waals surface area contributed by atoms with E-state index in [1.807, 2.05) is 0 Å². The molecule has 472 valence electrons. The van der Waals surface area contributed by atoms with E-state index in [1.165, 1.54) is 182 Å². The number of aromatic carboxylic acids is 4. The number of rotatable bonds is 16. The number of esters is 6. The van der Waals surface area contributed by atoms with E-state index in [9.17, 15) is 73.5 Å². The van der Waals surface area contributed by atoms with Crippen LogP contribution in [0.25, 0.3) is 0 Å². The van der Waals surface area contributed by atoms with Crippen molar-refractivity contribution in [2.24, 2.45) is 0 Å². The topological polar surface area (TPSA) is 388 Å². The highest BCUT2D eigenvalue weighted by atomic mass is 16.6. The summed E-state index contributed by atoms with van der Waals surface area (Å²) >= 11 is 0. The number of hydrogen-bond acceptors (Lipinski definition) is 20. The highest BCUT2D eigenvalue weighted by Gasteiger charge is 2.26. The fourth-order valence-corrected chi connectivity index (χ4v) is 7.89. The summed E-state index contributed by atoms with van der Waals surface area (Å²) in [6.45, 7) is 0. The van der Waals surface area contributed by atoms with Crippen molar-refractivity contribution in [1.82, 2.24) is 0 Å². The molecule has 0 heterocycles. The molecular formula is C70H48O24. The summed E-state index contributed by atoms with van der Waals surface area (Å²) in [5.41, 5.74) is -1.11. The number of carboxylic acids is 4. The Labute approximate surface area is 530 Å². The van der Waals surface area contributed by atoms with Crippen molar-refractivity contribution >= 4 is 59.7 Å². The van der Waals surface area contributed by atoms with E-state index in [1.54, 1.807) is 60.7 Å². The molecule has 10 aromatic rings. The third-order valence-corrected chi connectivity index (χ3v) is 12.4. The van der Waals surface area contributed by atoms with Gasteiger partial charge in [0, 0.05) is 0 Å². The Morgan fingerprint density at radius 3 is 0.500 bits per heavy atom. The number of carboxylic acid groups (broad SMARTS) is 4. The summed E-state index contributed by atoms with van der Waals surface area (Å²) < 4.78 is 31.4. The zero-order valence-corrected chi connectivity index (χ0v) is 48.2. The third kappa shape index (κ3) is 18.1. The Kier molecular flexibility index (Phi) is 23.3. The lowest BCUT2D eigenvalue weighted by molar-refractivity contribution is 0.0653. The number of carbonyl (C=O) groups excluding carboxylic acids is 6. The highest BCUT2D eigenvalue weighted by molar-refractivity contribution is 6.02. The van der Waals surface area contributed by atoms with Gasteiger partial charge in [0.2, 0.25) is 0 Å². The number of aromatic hydroxyl groups is 4. The van der Waals surface area contributed by atoms with E-state index in [0.29, 0.717) is 0 Å². The van der Waals surface area contributed by atoms with Crippen LogP contribution in [-0.2, 0) is 0 Å². The second-order valence-electron chi connectivity index (χ2n) is 18.6. The predicted molar refractivity (Wildman–Crippen MR) is 329 cm³/mol. The van der Waals surface area contributed by atoms with Gasteiger partial charge in [-0.1, -0.05) is 121 Å². The summed E-state index contributed by atoms with van der Waals surface area (Å²) in [5, 5.41) is 74.0. The van der Waals surface area contributed by atoms with Gasteiger partial charge >= 0.3 is 59.7 Å². The largest absolute Gasteiger partial charge is 0.507 e. The highest BCUT2D eigenvalue weighted by Crippen LogP contribution is 2.30. The summed E-state index contributed by atoms with van der Waals surface area (Å²) in [6.07, 6.45) is 0. The van der Waals surface area contributed by atoms with E-state index in [4.69, 9.17) is 43.7 Å². The number of para-hydroxylation sites is 10. The lowest BCUT2D eigenvalue weighted by Crippen LogP contribution is -2.17. The maximum absolute atomic E-state index is 13.0. The molecule has 0 saturated carbocycles. The van der Waals surface area contributed by atoms with E-state index < -0.39 is 59.7 Å². The van der Waals surface area contributed by atoms with E-state index in [0.717, 1.165) is 0 Å². The van der Waals surface area contributed by atoms with Crippen LogP contribution in [0.2, 0.25) is 0 Å². The number of phenols is 4. The molecule has 0 aromatic heterocycles. The van der Waals surface area contributed by atoms with Crippen LogP contribution in [0.3, 0.4) is 0 Å². The fourth-order valence-electron chi connectivity index (χ4n) is 7.89. The van der Waals surface area contributed by atoms with Gasteiger partial charge in [0.25, 0.3) is 0 Å². The first-order valence-corrected chi connectivity index (χ1v) is 27.1. The van der Waals surface area contributed by atoms with Crippen molar-refractivity contribution in [3.8, 4) is 57.5 Å². The standard InChI is InChI=1S/C28H18O9.C21H14O7.C14H10O5.C7H6O3/c29-21-13-5-1-9-17(21)26(32)36-23-15-7-3-11-19(23)28(34)37-24-16-8-4-12-20(24)27(33)35-22-14-6-2-10-18(22)25(30)31;22-16-10-4-1-7-13(16)20(25)28-18-12-6-3-9-15(18)21(26)27-17-11-5-2-8-14(17)19(23)24;15-11-7-3-1-5-9(11)14(18)19-12-8-4-2-6-10(12)13(16)17;8-6-4-2-1-3-5(6)7(9)10/h1-16,29H,(H,30,31);1-12,22H,(H,23,24);1-8,15H,(H,16,17);1-4,8H,(H,9,10). The van der Waals surface area contributed by atoms with Crippen LogP contribution in [0.5, 0.6) is 57.5 Å². The predicted octanol–water partition coefficient (Wildman–Crippen LogP) is 11.7. The van der Waals surface area contributed by atoms with Gasteiger partial charge in [-0.25, -0.2) is 47.9 Å². The Hall–Kier alpha value is -13.9. The Morgan fingerprint density at radius 1 is 0.181 bits per heavy atom. The summed E-state index contributed by atoms with van der Waals surface area (Å²) in [7, 11) is 0. The van der Waals surface area contributed by atoms with Crippen molar-refractivity contribution in [3.05, 3.63) is 298 Å². The lowest BCUT2D eigenvalue weighted by atomic mass is 10.1. The second kappa shape index (κ2) is 32.4. The molecule has 0 aliphatic carbocycles. The lowest BCUT2D eigenvalue weighted by Gasteiger charge is -2.13. The normalized spacial score (nSPS) is 10.0. The number of hydrogen-bond donors (Lipinski definition) is 8. The smallest absolute Gasteiger partial charge is 0.347 e. The first kappa shape index (κ1) is 67.6. The molecule has 10 rings (SSSR count). The van der Waals surface area contributed by atoms with Gasteiger partial charge in [-0.3, -0.25) is 0 Å². The van der Waals surface area contributed by atoms with Crippen molar-refractivity contribution in [2.45, 2.75) is 0 Å². The molecular weight excluding hydrogens is 1220 g/mol. The summed E-state index contributed by atoms with van der Waals surface area (Å²) in [6, 6.07) is 57.7. The van der Waals surface area contributed by atoms with Crippen molar-refractivity contribution < 1.29 is 117 Å². The average molecular weight is 1270 g/mol. The molecule has 0 spiro atoms. The van der Waals surface area contributed by atoms with Crippen molar-refractivity contribution in [1.29, 1.82) is 0 Å². The molecule has 0 aliphatic rings. The fraction of sp³-hybridized carbons (Fsp3) is 0. The van der Waals surface area contributed by atoms with E-state index in [2.05, 4.69) is 0 Å². The zero-order chi connectivity index (χ0) is 67.8. The SMILES string of the molecule is O=C(O)c1ccccc1O.O=C(Oc1ccccc1C(=O)O)c1ccccc1O.O=C(Oc1ccccc1C(=O)Oc1ccccc1C(=O)O)c1ccccc1O.O=C(Oc1ccccc1C(=O)Oc1ccccc1C(=O)Oc1ccccc1C(=O)O)c1ccccc1O. The van der Waals surface area contributed by atoms with Gasteiger partial charge < -0.3 is 69.3 Å². The van der Waals surface area contributed by atoms with Gasteiger partial charge in [0.1, 0.15) is 113 Å². The molecule has 0 atom stereocenters. The first-order chi connectivity index (χ1) is 45.1. The second-order valence-corrected chi connectivity index (χ2v) is 18.6. The van der Waals surface area contributed by atoms with Crippen LogP contribution in [0, 0.1) is 0 Å². The van der Waals surface area contributed by atoms with Crippen LogP contribution < -0.4 is 28.4 Å². The van der Waals surface area contributed by atoms with Crippen LogP contribution in [-0.4, -0.2) is 101 Å². The Balaban J connectivity index is 0.000000193. The molecule has 0 fully saturated rings. The van der Waals surface area contributed by atoms with Gasteiger partial charge in [0.05, 0.1) is 0 Å². The van der Waals surface area contributed by atoms with Crippen LogP contribution >= 0.6 is 0 Å². The molecule has 24 heteroatoms. The number of benzene rings is 10. The Morgan fingerprint density at radius 2 is 0.319 bits per heavy atom. The molecule has 0 bridgehead atoms. The molecule has 0 aliphatic heterocycles. The molecule has 10 aromatic carbocycles. The van der Waals surface area contributed by atoms with Gasteiger partial charge in [-0.05, 0) is 121 Å². The monoisotopic (exact) mass is 1270 g/mol. The van der Waals surface area contributed by atoms with Crippen molar-refractivity contribution in [3.63, 3.8) is 0 Å². The molecule has 0 unspecified atom stereocenters. The number of phenolic OH excluding ortho intramolecular Hbond substituents is 3. The average Bonchev–Trinajstić information content (AvgIpc) is 1.60. The molecule has 8 N–H and O–H groups in total. The molecule has 0 radical (unpaired) electrons. The van der Waals surface area contributed by atoms with Gasteiger partial charge in [-0.2, -0.15) is 0 Å². The van der Waals surface area contributed by atoms with Crippen LogP contribution in [0.4, 0.5) is 0 Å². The molecule has 24 nitrogen and oxygen atoms in total. The number of carbonyl (C=O) groups is 10. The maximum atomic E-state index is 13.0. The minimum atomic E-state index is -1.28. The summed E-state index contributed by atoms with van der Waals surface area (Å²) in [5.74, 6) is -11.9. The summed E-state index contributed by atoms with van der Waals surface area (Å²) in [4.78, 5) is 119. The van der Waals surface area contributed by atoms with Crippen LogP contribution in [0.1, 0.15) is 104 Å². The van der Waals surface area contributed by atoms with E-state index >= 15 is 0 Å². The third-order valence-electron chi connectivity index (χ3n) is 12.4. The minimum Gasteiger partial charge on any atom is -0.507 e. The molecule has 0 amide bonds. The zero-order valence-electron chi connectivity index (χ0n) is 48.2. The van der Waals surface area contributed by atoms with Gasteiger partial charge in [-0.15, -0.1) is 0 Å².